The van der Waals surface area contributed by atoms with Gasteiger partial charge in [0, 0.05) is 11.6 Å². The highest BCUT2D eigenvalue weighted by atomic mass is 35.5. The first kappa shape index (κ1) is 15.6. The molecule has 0 saturated carbocycles. The van der Waals surface area contributed by atoms with Gasteiger partial charge in [0.15, 0.2) is 0 Å². The largest absolute Gasteiger partial charge is 0.468 e. The number of carbonyl (C=O) groups excluding carboxylic acids is 1. The third-order valence-corrected chi connectivity index (χ3v) is 3.52. The lowest BCUT2D eigenvalue weighted by Crippen LogP contribution is -2.35. The lowest BCUT2D eigenvalue weighted by Gasteiger charge is -2.22. The van der Waals surface area contributed by atoms with Crippen molar-refractivity contribution in [2.75, 3.05) is 20.6 Å². The molecule has 0 aliphatic heterocycles. The minimum Gasteiger partial charge on any atom is -0.468 e. The maximum absolute atomic E-state index is 12.0. The average molecular weight is 307 g/mol. The van der Waals surface area contributed by atoms with E-state index in [4.69, 9.17) is 16.0 Å². The maximum Gasteiger partial charge on any atom is 0.224 e. The summed E-state index contributed by atoms with van der Waals surface area (Å²) in [5.74, 6) is 0.822. The van der Waals surface area contributed by atoms with Crippen molar-refractivity contribution in [1.29, 1.82) is 0 Å². The van der Waals surface area contributed by atoms with Crippen LogP contribution < -0.4 is 5.32 Å². The molecule has 112 valence electrons. The Morgan fingerprint density at radius 3 is 2.57 bits per heavy atom. The molecule has 1 aromatic carbocycles. The molecule has 5 heteroatoms. The summed E-state index contributed by atoms with van der Waals surface area (Å²) in [7, 11) is 3.91. The molecule has 1 heterocycles. The van der Waals surface area contributed by atoms with Crippen molar-refractivity contribution in [3.8, 4) is 0 Å². The molecule has 0 bridgehead atoms. The van der Waals surface area contributed by atoms with Gasteiger partial charge in [-0.2, -0.15) is 0 Å². The molecule has 21 heavy (non-hydrogen) atoms. The van der Waals surface area contributed by atoms with Crippen molar-refractivity contribution >= 4 is 17.5 Å². The van der Waals surface area contributed by atoms with E-state index in [1.807, 2.05) is 43.3 Å². The SMILES string of the molecule is CN(C)C(CNC(=O)Cc1ccc(Cl)cc1)c1ccco1. The van der Waals surface area contributed by atoms with Gasteiger partial charge in [0.25, 0.3) is 0 Å². The highest BCUT2D eigenvalue weighted by Crippen LogP contribution is 2.17. The number of nitrogens with one attached hydrogen (secondary N) is 1. The fraction of sp³-hybridized carbons (Fsp3) is 0.312. The maximum atomic E-state index is 12.0. The molecule has 0 radical (unpaired) electrons. The van der Waals surface area contributed by atoms with Crippen molar-refractivity contribution < 1.29 is 9.21 Å². The van der Waals surface area contributed by atoms with Crippen molar-refractivity contribution in [3.63, 3.8) is 0 Å². The second-order valence-electron chi connectivity index (χ2n) is 5.10. The van der Waals surface area contributed by atoms with Gasteiger partial charge in [0.1, 0.15) is 5.76 Å². The van der Waals surface area contributed by atoms with E-state index in [2.05, 4.69) is 5.32 Å². The molecule has 2 rings (SSSR count). The number of rotatable bonds is 6. The van der Waals surface area contributed by atoms with Gasteiger partial charge in [-0.25, -0.2) is 0 Å². The second-order valence-corrected chi connectivity index (χ2v) is 5.54. The summed E-state index contributed by atoms with van der Waals surface area (Å²) >= 11 is 5.83. The second kappa shape index (κ2) is 7.29. The summed E-state index contributed by atoms with van der Waals surface area (Å²) < 4.78 is 5.41. The number of furan rings is 1. The fourth-order valence-electron chi connectivity index (χ4n) is 2.08. The summed E-state index contributed by atoms with van der Waals surface area (Å²) in [4.78, 5) is 14.0. The Morgan fingerprint density at radius 2 is 2.00 bits per heavy atom. The number of benzene rings is 1. The van der Waals surface area contributed by atoms with Crippen LogP contribution in [0.5, 0.6) is 0 Å². The van der Waals surface area contributed by atoms with Crippen molar-refractivity contribution in [3.05, 3.63) is 59.0 Å². The van der Waals surface area contributed by atoms with E-state index in [1.165, 1.54) is 0 Å². The third kappa shape index (κ3) is 4.62. The van der Waals surface area contributed by atoms with Gasteiger partial charge in [-0.05, 0) is 43.9 Å². The Kier molecular flexibility index (Phi) is 5.42. The molecule has 1 N–H and O–H groups in total. The fourth-order valence-corrected chi connectivity index (χ4v) is 2.21. The third-order valence-electron chi connectivity index (χ3n) is 3.27. The number of carbonyl (C=O) groups is 1. The van der Waals surface area contributed by atoms with Gasteiger partial charge in [-0.15, -0.1) is 0 Å². The van der Waals surface area contributed by atoms with E-state index < -0.39 is 0 Å². The number of halogens is 1. The van der Waals surface area contributed by atoms with E-state index in [0.29, 0.717) is 18.0 Å². The van der Waals surface area contributed by atoms with Crippen LogP contribution in [0.3, 0.4) is 0 Å². The first-order valence-electron chi connectivity index (χ1n) is 6.77. The smallest absolute Gasteiger partial charge is 0.224 e. The molecule has 0 saturated heterocycles. The van der Waals surface area contributed by atoms with Crippen LogP contribution in [0, 0.1) is 0 Å². The number of amides is 1. The Hall–Kier alpha value is -1.78. The Balaban J connectivity index is 1.89. The van der Waals surface area contributed by atoms with Crippen LogP contribution in [0.4, 0.5) is 0 Å². The molecule has 1 unspecified atom stereocenters. The zero-order valence-electron chi connectivity index (χ0n) is 12.2. The van der Waals surface area contributed by atoms with E-state index in [0.717, 1.165) is 11.3 Å². The molecule has 0 aliphatic carbocycles. The van der Waals surface area contributed by atoms with Gasteiger partial charge in [0.2, 0.25) is 5.91 Å². The summed E-state index contributed by atoms with van der Waals surface area (Å²) in [6.45, 7) is 0.507. The van der Waals surface area contributed by atoms with Crippen LogP contribution in [0.2, 0.25) is 5.02 Å². The van der Waals surface area contributed by atoms with E-state index in [-0.39, 0.29) is 11.9 Å². The first-order chi connectivity index (χ1) is 10.1. The lowest BCUT2D eigenvalue weighted by molar-refractivity contribution is -0.120. The Morgan fingerprint density at radius 1 is 1.29 bits per heavy atom. The molecule has 2 aromatic rings. The van der Waals surface area contributed by atoms with Gasteiger partial charge in [0.05, 0.1) is 18.7 Å². The zero-order chi connectivity index (χ0) is 15.2. The lowest BCUT2D eigenvalue weighted by atomic mass is 10.1. The molecule has 1 aromatic heterocycles. The van der Waals surface area contributed by atoms with Gasteiger partial charge < -0.3 is 9.73 Å². The summed E-state index contributed by atoms with van der Waals surface area (Å²) in [6.07, 6.45) is 1.98. The predicted molar refractivity (Wildman–Crippen MR) is 83.3 cm³/mol. The zero-order valence-corrected chi connectivity index (χ0v) is 12.9. The number of hydrogen-bond acceptors (Lipinski definition) is 3. The standard InChI is InChI=1S/C16H19ClN2O2/c1-19(2)14(15-4-3-9-21-15)11-18-16(20)10-12-5-7-13(17)8-6-12/h3-9,14H,10-11H2,1-2H3,(H,18,20). The van der Waals surface area contributed by atoms with Gasteiger partial charge >= 0.3 is 0 Å². The van der Waals surface area contributed by atoms with E-state index in [1.54, 1.807) is 18.4 Å². The van der Waals surface area contributed by atoms with Crippen LogP contribution in [0.1, 0.15) is 17.4 Å². The quantitative estimate of drug-likeness (QED) is 0.892. The number of nitrogens with zero attached hydrogens (tertiary/aromatic N) is 1. The topological polar surface area (TPSA) is 45.5 Å². The highest BCUT2D eigenvalue weighted by Gasteiger charge is 2.17. The van der Waals surface area contributed by atoms with Crippen molar-refractivity contribution in [1.82, 2.24) is 10.2 Å². The summed E-state index contributed by atoms with van der Waals surface area (Å²) in [5.41, 5.74) is 0.941. The first-order valence-corrected chi connectivity index (χ1v) is 7.15. The summed E-state index contributed by atoms with van der Waals surface area (Å²) in [5, 5.41) is 3.61. The highest BCUT2D eigenvalue weighted by molar-refractivity contribution is 6.30. The minimum atomic E-state index is -0.0178. The number of likely N-dealkylation sites (N-methyl/N-ethyl adjacent to an activating group) is 1. The monoisotopic (exact) mass is 306 g/mol. The molecule has 0 spiro atoms. The average Bonchev–Trinajstić information content (AvgIpc) is 2.95. The molecule has 1 atom stereocenters. The van der Waals surface area contributed by atoms with Crippen LogP contribution in [-0.2, 0) is 11.2 Å². The molecular weight excluding hydrogens is 288 g/mol. The van der Waals surface area contributed by atoms with Crippen molar-refractivity contribution in [2.24, 2.45) is 0 Å². The normalized spacial score (nSPS) is 12.4. The molecule has 1 amide bonds. The molecule has 0 fully saturated rings. The minimum absolute atomic E-state index is 0.0178. The van der Waals surface area contributed by atoms with Crippen LogP contribution in [0.25, 0.3) is 0 Å². The van der Waals surface area contributed by atoms with E-state index >= 15 is 0 Å². The van der Waals surface area contributed by atoms with Crippen LogP contribution in [-0.4, -0.2) is 31.4 Å². The molecule has 4 nitrogen and oxygen atoms in total. The van der Waals surface area contributed by atoms with E-state index in [9.17, 15) is 4.79 Å². The van der Waals surface area contributed by atoms with Crippen molar-refractivity contribution in [2.45, 2.75) is 12.5 Å². The van der Waals surface area contributed by atoms with Crippen LogP contribution in [0.15, 0.2) is 47.1 Å². The molecule has 0 aliphatic rings. The Bertz CT molecular complexity index is 564. The number of hydrogen-bond donors (Lipinski definition) is 1. The summed E-state index contributed by atoms with van der Waals surface area (Å²) in [6, 6.07) is 11.1. The van der Waals surface area contributed by atoms with Gasteiger partial charge in [-0.1, -0.05) is 23.7 Å². The van der Waals surface area contributed by atoms with Crippen LogP contribution >= 0.6 is 11.6 Å². The Labute approximate surface area is 129 Å². The predicted octanol–water partition coefficient (Wildman–Crippen LogP) is 2.89. The van der Waals surface area contributed by atoms with Gasteiger partial charge in [-0.3, -0.25) is 9.69 Å². The molecular formula is C16H19ClN2O2.